The van der Waals surface area contributed by atoms with Gasteiger partial charge in [0.1, 0.15) is 0 Å². The average molecular weight is 255 g/mol. The SMILES string of the molecule is CN(C)CCOCCN1CNC2(CCCC2)C1=O. The molecule has 2 aliphatic rings. The van der Waals surface area contributed by atoms with Crippen LogP contribution in [0.3, 0.4) is 0 Å². The normalized spacial score (nSPS) is 22.6. The molecule has 1 saturated carbocycles. The Balaban J connectivity index is 1.67. The molecule has 5 nitrogen and oxygen atoms in total. The molecule has 1 saturated heterocycles. The average Bonchev–Trinajstić information content (AvgIpc) is 2.91. The maximum absolute atomic E-state index is 12.3. The molecule has 0 aromatic rings. The van der Waals surface area contributed by atoms with Crippen molar-refractivity contribution in [3.63, 3.8) is 0 Å². The van der Waals surface area contributed by atoms with Gasteiger partial charge in [-0.2, -0.15) is 0 Å². The monoisotopic (exact) mass is 255 g/mol. The fourth-order valence-electron chi connectivity index (χ4n) is 2.77. The van der Waals surface area contributed by atoms with Crippen LogP contribution in [0.2, 0.25) is 0 Å². The zero-order valence-corrected chi connectivity index (χ0v) is 11.6. The van der Waals surface area contributed by atoms with E-state index < -0.39 is 0 Å². The summed E-state index contributed by atoms with van der Waals surface area (Å²) in [6, 6.07) is 0. The lowest BCUT2D eigenvalue weighted by molar-refractivity contribution is -0.132. The van der Waals surface area contributed by atoms with Gasteiger partial charge in [0.25, 0.3) is 0 Å². The Labute approximate surface area is 109 Å². The predicted molar refractivity (Wildman–Crippen MR) is 70.3 cm³/mol. The third kappa shape index (κ3) is 3.02. The van der Waals surface area contributed by atoms with Crippen molar-refractivity contribution in [2.75, 3.05) is 47.1 Å². The molecule has 1 heterocycles. The number of nitrogens with one attached hydrogen (secondary N) is 1. The summed E-state index contributed by atoms with van der Waals surface area (Å²) in [6.07, 6.45) is 4.35. The molecule has 1 aliphatic heterocycles. The van der Waals surface area contributed by atoms with E-state index in [1.807, 2.05) is 19.0 Å². The molecular weight excluding hydrogens is 230 g/mol. The van der Waals surface area contributed by atoms with E-state index in [4.69, 9.17) is 4.74 Å². The van der Waals surface area contributed by atoms with Gasteiger partial charge in [-0.1, -0.05) is 12.8 Å². The summed E-state index contributed by atoms with van der Waals surface area (Å²) in [5, 5.41) is 3.40. The molecule has 0 aromatic heterocycles. The van der Waals surface area contributed by atoms with Gasteiger partial charge in [0, 0.05) is 13.1 Å². The first-order valence-electron chi connectivity index (χ1n) is 6.91. The van der Waals surface area contributed by atoms with Crippen molar-refractivity contribution in [2.45, 2.75) is 31.2 Å². The third-order valence-electron chi connectivity index (χ3n) is 3.95. The van der Waals surface area contributed by atoms with Crippen LogP contribution in [-0.2, 0) is 9.53 Å². The number of hydrogen-bond acceptors (Lipinski definition) is 4. The molecule has 1 spiro atoms. The minimum atomic E-state index is -0.219. The smallest absolute Gasteiger partial charge is 0.244 e. The molecule has 1 N–H and O–H groups in total. The summed E-state index contributed by atoms with van der Waals surface area (Å²) >= 11 is 0. The maximum atomic E-state index is 12.3. The molecule has 0 radical (unpaired) electrons. The van der Waals surface area contributed by atoms with E-state index in [0.29, 0.717) is 19.8 Å². The number of likely N-dealkylation sites (N-methyl/N-ethyl adjacent to an activating group) is 1. The first-order chi connectivity index (χ1) is 8.64. The van der Waals surface area contributed by atoms with E-state index in [2.05, 4.69) is 10.2 Å². The highest BCUT2D eigenvalue weighted by Crippen LogP contribution is 2.34. The van der Waals surface area contributed by atoms with Crippen molar-refractivity contribution in [3.8, 4) is 0 Å². The number of carbonyl (C=O) groups is 1. The summed E-state index contributed by atoms with van der Waals surface area (Å²) in [6.45, 7) is 3.69. The fourth-order valence-corrected chi connectivity index (χ4v) is 2.77. The second-order valence-corrected chi connectivity index (χ2v) is 5.61. The van der Waals surface area contributed by atoms with Gasteiger partial charge in [-0.15, -0.1) is 0 Å². The Kier molecular flexibility index (Phi) is 4.59. The van der Waals surface area contributed by atoms with Crippen LogP contribution in [0.15, 0.2) is 0 Å². The molecule has 0 atom stereocenters. The highest BCUT2D eigenvalue weighted by molar-refractivity contribution is 5.88. The number of amides is 1. The van der Waals surface area contributed by atoms with Crippen molar-refractivity contribution in [1.29, 1.82) is 0 Å². The Morgan fingerprint density at radius 3 is 2.72 bits per heavy atom. The van der Waals surface area contributed by atoms with Crippen LogP contribution in [0.5, 0.6) is 0 Å². The van der Waals surface area contributed by atoms with Gasteiger partial charge in [-0.3, -0.25) is 10.1 Å². The van der Waals surface area contributed by atoms with Crippen molar-refractivity contribution >= 4 is 5.91 Å². The lowest BCUT2D eigenvalue weighted by atomic mass is 9.98. The quantitative estimate of drug-likeness (QED) is 0.692. The standard InChI is InChI=1S/C13H25N3O2/c1-15(2)7-9-18-10-8-16-11-14-13(12(16)17)5-3-4-6-13/h14H,3-11H2,1-2H3. The highest BCUT2D eigenvalue weighted by Gasteiger charge is 2.47. The Bertz CT molecular complexity index is 288. The first-order valence-corrected chi connectivity index (χ1v) is 6.91. The number of carbonyl (C=O) groups excluding carboxylic acids is 1. The van der Waals surface area contributed by atoms with Crippen LogP contribution in [-0.4, -0.2) is 68.3 Å². The van der Waals surface area contributed by atoms with E-state index >= 15 is 0 Å². The molecule has 104 valence electrons. The van der Waals surface area contributed by atoms with Gasteiger partial charge in [0.15, 0.2) is 0 Å². The number of hydrogen-bond donors (Lipinski definition) is 1. The Morgan fingerprint density at radius 1 is 1.33 bits per heavy atom. The summed E-state index contributed by atoms with van der Waals surface area (Å²) in [7, 11) is 4.06. The lowest BCUT2D eigenvalue weighted by Crippen LogP contribution is -2.44. The van der Waals surface area contributed by atoms with Crippen LogP contribution >= 0.6 is 0 Å². The largest absolute Gasteiger partial charge is 0.378 e. The van der Waals surface area contributed by atoms with Crippen molar-refractivity contribution in [3.05, 3.63) is 0 Å². The molecule has 2 rings (SSSR count). The van der Waals surface area contributed by atoms with Crippen LogP contribution < -0.4 is 5.32 Å². The number of rotatable bonds is 6. The zero-order chi connectivity index (χ0) is 13.0. The first kappa shape index (κ1) is 13.8. The second kappa shape index (κ2) is 5.99. The second-order valence-electron chi connectivity index (χ2n) is 5.61. The van der Waals surface area contributed by atoms with E-state index in [1.165, 1.54) is 12.8 Å². The Morgan fingerprint density at radius 2 is 2.06 bits per heavy atom. The van der Waals surface area contributed by atoms with Crippen LogP contribution in [0, 0.1) is 0 Å². The number of ether oxygens (including phenoxy) is 1. The van der Waals surface area contributed by atoms with Crippen LogP contribution in [0.1, 0.15) is 25.7 Å². The van der Waals surface area contributed by atoms with E-state index in [1.54, 1.807) is 0 Å². The van der Waals surface area contributed by atoms with Crippen molar-refractivity contribution < 1.29 is 9.53 Å². The summed E-state index contributed by atoms with van der Waals surface area (Å²) in [5.74, 6) is 0.288. The van der Waals surface area contributed by atoms with Gasteiger partial charge in [-0.05, 0) is 26.9 Å². The fraction of sp³-hybridized carbons (Fsp3) is 0.923. The predicted octanol–water partition coefficient (Wildman–Crippen LogP) is 0.267. The molecule has 1 aliphatic carbocycles. The molecule has 0 unspecified atom stereocenters. The molecule has 2 fully saturated rings. The summed E-state index contributed by atoms with van der Waals surface area (Å²) < 4.78 is 5.54. The van der Waals surface area contributed by atoms with Gasteiger partial charge >= 0.3 is 0 Å². The van der Waals surface area contributed by atoms with Crippen molar-refractivity contribution in [1.82, 2.24) is 15.1 Å². The molecule has 1 amide bonds. The van der Waals surface area contributed by atoms with Gasteiger partial charge in [0.05, 0.1) is 25.4 Å². The minimum absolute atomic E-state index is 0.219. The molecule has 0 bridgehead atoms. The van der Waals surface area contributed by atoms with Crippen molar-refractivity contribution in [2.24, 2.45) is 0 Å². The van der Waals surface area contributed by atoms with E-state index in [0.717, 1.165) is 26.0 Å². The van der Waals surface area contributed by atoms with E-state index in [-0.39, 0.29) is 11.4 Å². The Hall–Kier alpha value is -0.650. The maximum Gasteiger partial charge on any atom is 0.244 e. The summed E-state index contributed by atoms with van der Waals surface area (Å²) in [5.41, 5.74) is -0.219. The van der Waals surface area contributed by atoms with Crippen LogP contribution in [0.4, 0.5) is 0 Å². The molecule has 18 heavy (non-hydrogen) atoms. The van der Waals surface area contributed by atoms with E-state index in [9.17, 15) is 4.79 Å². The highest BCUT2D eigenvalue weighted by atomic mass is 16.5. The summed E-state index contributed by atoms with van der Waals surface area (Å²) in [4.78, 5) is 16.3. The third-order valence-corrected chi connectivity index (χ3v) is 3.95. The topological polar surface area (TPSA) is 44.8 Å². The van der Waals surface area contributed by atoms with Gasteiger partial charge < -0.3 is 14.5 Å². The van der Waals surface area contributed by atoms with Gasteiger partial charge in [0.2, 0.25) is 5.91 Å². The van der Waals surface area contributed by atoms with Crippen LogP contribution in [0.25, 0.3) is 0 Å². The zero-order valence-electron chi connectivity index (χ0n) is 11.6. The molecular formula is C13H25N3O2. The lowest BCUT2D eigenvalue weighted by Gasteiger charge is -2.21. The van der Waals surface area contributed by atoms with Gasteiger partial charge in [-0.25, -0.2) is 0 Å². The minimum Gasteiger partial charge on any atom is -0.378 e. The number of nitrogens with zero attached hydrogens (tertiary/aromatic N) is 2. The molecule has 5 heteroatoms. The molecule has 0 aromatic carbocycles.